The first-order valence-corrected chi connectivity index (χ1v) is 11.0. The minimum Gasteiger partial charge on any atom is -0.441 e. The van der Waals surface area contributed by atoms with E-state index in [2.05, 4.69) is 10.3 Å². The molecule has 6 nitrogen and oxygen atoms in total. The number of carbonyl (C=O) groups excluding carboxylic acids is 2. The highest BCUT2D eigenvalue weighted by atomic mass is 32.2. The Bertz CT molecular complexity index is 910. The molecule has 154 valence electrons. The van der Waals surface area contributed by atoms with Crippen LogP contribution >= 0.6 is 11.8 Å². The van der Waals surface area contributed by atoms with E-state index in [4.69, 9.17) is 9.15 Å². The monoisotopic (exact) mass is 414 g/mol. The molecule has 1 saturated carbocycles. The number of aryl methyl sites for hydroxylation is 2. The molecule has 3 atom stereocenters. The van der Waals surface area contributed by atoms with Crippen LogP contribution in [0.15, 0.2) is 28.7 Å². The molecule has 1 aromatic carbocycles. The van der Waals surface area contributed by atoms with E-state index >= 15 is 0 Å². The Hall–Kier alpha value is -2.12. The quantitative estimate of drug-likeness (QED) is 0.733. The molecule has 29 heavy (non-hydrogen) atoms. The van der Waals surface area contributed by atoms with Crippen LogP contribution in [-0.4, -0.2) is 27.5 Å². The lowest BCUT2D eigenvalue weighted by molar-refractivity contribution is -0.119. The summed E-state index contributed by atoms with van der Waals surface area (Å²) in [6, 6.07) is 8.04. The molecule has 1 N–H and O–H groups in total. The fourth-order valence-corrected chi connectivity index (χ4v) is 5.10. The normalized spacial score (nSPS) is 24.7. The van der Waals surface area contributed by atoms with Gasteiger partial charge in [-0.15, -0.1) is 0 Å². The SMILES string of the molecule is Cc1ccccc1-c1nc(COC2CCCC(CC3SC(=O)NC3=O)C2)c(C)o1. The van der Waals surface area contributed by atoms with Crippen LogP contribution in [0.25, 0.3) is 11.5 Å². The van der Waals surface area contributed by atoms with Crippen molar-refractivity contribution in [2.24, 2.45) is 5.92 Å². The zero-order chi connectivity index (χ0) is 20.4. The molecule has 2 amide bonds. The third-order valence-electron chi connectivity index (χ3n) is 5.77. The maximum absolute atomic E-state index is 11.8. The van der Waals surface area contributed by atoms with E-state index in [0.717, 1.165) is 66.4 Å². The number of ether oxygens (including phenoxy) is 1. The van der Waals surface area contributed by atoms with Gasteiger partial charge in [-0.2, -0.15) is 0 Å². The number of rotatable bonds is 6. The van der Waals surface area contributed by atoms with Gasteiger partial charge in [0.2, 0.25) is 11.8 Å². The van der Waals surface area contributed by atoms with Crippen LogP contribution in [0, 0.1) is 19.8 Å². The summed E-state index contributed by atoms with van der Waals surface area (Å²) < 4.78 is 12.1. The Morgan fingerprint density at radius 2 is 2.07 bits per heavy atom. The van der Waals surface area contributed by atoms with Gasteiger partial charge < -0.3 is 9.15 Å². The van der Waals surface area contributed by atoms with Gasteiger partial charge in [0.05, 0.1) is 18.0 Å². The topological polar surface area (TPSA) is 81.4 Å². The lowest BCUT2D eigenvalue weighted by Crippen LogP contribution is -2.29. The van der Waals surface area contributed by atoms with Crippen molar-refractivity contribution in [3.05, 3.63) is 41.3 Å². The first-order valence-electron chi connectivity index (χ1n) is 10.1. The number of carbonyl (C=O) groups is 2. The van der Waals surface area contributed by atoms with Gasteiger partial charge in [0.25, 0.3) is 5.24 Å². The molecule has 1 aliphatic heterocycles. The number of amides is 2. The molecule has 2 fully saturated rings. The van der Waals surface area contributed by atoms with Crippen molar-refractivity contribution in [2.75, 3.05) is 0 Å². The van der Waals surface area contributed by atoms with Crippen molar-refractivity contribution in [3.63, 3.8) is 0 Å². The number of nitrogens with zero attached hydrogens (tertiary/aromatic N) is 1. The van der Waals surface area contributed by atoms with Crippen molar-refractivity contribution in [2.45, 2.75) is 63.9 Å². The molecular formula is C22H26N2O4S. The van der Waals surface area contributed by atoms with Crippen molar-refractivity contribution >= 4 is 22.9 Å². The number of oxazole rings is 1. The van der Waals surface area contributed by atoms with Crippen LogP contribution in [0.4, 0.5) is 4.79 Å². The standard InChI is InChI=1S/C22H26N2O4S/c1-13-6-3-4-9-17(13)21-23-18(14(2)28-21)12-27-16-8-5-7-15(10-16)11-19-20(25)24-22(26)29-19/h3-4,6,9,15-16,19H,5,7-8,10-12H2,1-2H3,(H,24,25,26). The largest absolute Gasteiger partial charge is 0.441 e. The van der Waals surface area contributed by atoms with Crippen LogP contribution in [0.1, 0.15) is 49.1 Å². The summed E-state index contributed by atoms with van der Waals surface area (Å²) in [5.41, 5.74) is 2.96. The van der Waals surface area contributed by atoms with Gasteiger partial charge in [0, 0.05) is 5.56 Å². The fraction of sp³-hybridized carbons (Fsp3) is 0.500. The average molecular weight is 415 g/mol. The van der Waals surface area contributed by atoms with Crippen LogP contribution in [0.5, 0.6) is 0 Å². The number of aromatic nitrogens is 1. The van der Waals surface area contributed by atoms with E-state index in [0.29, 0.717) is 18.4 Å². The molecule has 1 aliphatic carbocycles. The Morgan fingerprint density at radius 1 is 1.24 bits per heavy atom. The molecule has 0 spiro atoms. The van der Waals surface area contributed by atoms with Gasteiger partial charge in [0.1, 0.15) is 11.5 Å². The molecule has 1 aromatic heterocycles. The number of benzene rings is 1. The predicted octanol–water partition coefficient (Wildman–Crippen LogP) is 4.78. The van der Waals surface area contributed by atoms with E-state index in [1.807, 2.05) is 38.1 Å². The lowest BCUT2D eigenvalue weighted by Gasteiger charge is -2.29. The molecule has 2 aromatic rings. The Balaban J connectivity index is 1.34. The third kappa shape index (κ3) is 4.73. The van der Waals surface area contributed by atoms with E-state index in [1.165, 1.54) is 0 Å². The van der Waals surface area contributed by atoms with Crippen molar-refractivity contribution in [1.82, 2.24) is 10.3 Å². The van der Waals surface area contributed by atoms with Crippen molar-refractivity contribution in [3.8, 4) is 11.5 Å². The zero-order valence-corrected chi connectivity index (χ0v) is 17.6. The summed E-state index contributed by atoms with van der Waals surface area (Å²) in [5, 5.41) is 1.90. The minimum absolute atomic E-state index is 0.148. The molecule has 2 aliphatic rings. The highest BCUT2D eigenvalue weighted by Gasteiger charge is 2.35. The van der Waals surface area contributed by atoms with E-state index in [-0.39, 0.29) is 22.5 Å². The zero-order valence-electron chi connectivity index (χ0n) is 16.8. The van der Waals surface area contributed by atoms with Gasteiger partial charge in [-0.3, -0.25) is 14.9 Å². The van der Waals surface area contributed by atoms with E-state index in [1.54, 1.807) is 0 Å². The van der Waals surface area contributed by atoms with Crippen LogP contribution in [0.3, 0.4) is 0 Å². The van der Waals surface area contributed by atoms with Gasteiger partial charge >= 0.3 is 0 Å². The Kier molecular flexibility index (Phi) is 6.06. The number of hydrogen-bond donors (Lipinski definition) is 1. The number of imide groups is 1. The first-order chi connectivity index (χ1) is 14.0. The lowest BCUT2D eigenvalue weighted by atomic mass is 9.84. The number of thioether (sulfide) groups is 1. The molecule has 0 bridgehead atoms. The fourth-order valence-electron chi connectivity index (χ4n) is 4.15. The maximum atomic E-state index is 11.8. The van der Waals surface area contributed by atoms with Crippen LogP contribution < -0.4 is 5.32 Å². The highest BCUT2D eigenvalue weighted by molar-refractivity contribution is 8.15. The summed E-state index contributed by atoms with van der Waals surface area (Å²) in [7, 11) is 0. The summed E-state index contributed by atoms with van der Waals surface area (Å²) in [6.45, 7) is 4.39. The van der Waals surface area contributed by atoms with Crippen molar-refractivity contribution < 1.29 is 18.7 Å². The number of nitrogens with one attached hydrogen (secondary N) is 1. The van der Waals surface area contributed by atoms with Gasteiger partial charge in [0.15, 0.2) is 0 Å². The summed E-state index contributed by atoms with van der Waals surface area (Å²) in [6.07, 6.45) is 4.98. The second-order valence-corrected chi connectivity index (χ2v) is 9.10. The molecule has 2 heterocycles. The molecular weight excluding hydrogens is 388 g/mol. The Morgan fingerprint density at radius 3 is 2.83 bits per heavy atom. The molecule has 0 radical (unpaired) electrons. The molecule has 3 unspecified atom stereocenters. The second kappa shape index (κ2) is 8.71. The summed E-state index contributed by atoms with van der Waals surface area (Å²) in [4.78, 5) is 27.9. The first kappa shape index (κ1) is 20.2. The highest BCUT2D eigenvalue weighted by Crippen LogP contribution is 2.35. The van der Waals surface area contributed by atoms with Crippen LogP contribution in [-0.2, 0) is 16.1 Å². The molecule has 7 heteroatoms. The summed E-state index contributed by atoms with van der Waals surface area (Å²) in [5.74, 6) is 1.68. The van der Waals surface area contributed by atoms with Crippen molar-refractivity contribution in [1.29, 1.82) is 0 Å². The van der Waals surface area contributed by atoms with Gasteiger partial charge in [-0.25, -0.2) is 4.98 Å². The summed E-state index contributed by atoms with van der Waals surface area (Å²) >= 11 is 1.12. The van der Waals surface area contributed by atoms with E-state index in [9.17, 15) is 9.59 Å². The van der Waals surface area contributed by atoms with Crippen LogP contribution in [0.2, 0.25) is 0 Å². The smallest absolute Gasteiger partial charge is 0.286 e. The molecule has 1 saturated heterocycles. The molecule has 4 rings (SSSR count). The van der Waals surface area contributed by atoms with Gasteiger partial charge in [-0.1, -0.05) is 42.8 Å². The van der Waals surface area contributed by atoms with E-state index < -0.39 is 0 Å². The van der Waals surface area contributed by atoms with Gasteiger partial charge in [-0.05, 0) is 50.7 Å². The maximum Gasteiger partial charge on any atom is 0.286 e. The third-order valence-corrected chi connectivity index (χ3v) is 6.78. The minimum atomic E-state index is -0.249. The second-order valence-electron chi connectivity index (χ2n) is 7.92. The Labute approximate surface area is 174 Å². The average Bonchev–Trinajstić information content (AvgIpc) is 3.22. The number of hydrogen-bond acceptors (Lipinski definition) is 6. The predicted molar refractivity (Wildman–Crippen MR) is 111 cm³/mol.